The van der Waals surface area contributed by atoms with E-state index in [9.17, 15) is 14.7 Å². The van der Waals surface area contributed by atoms with E-state index in [1.165, 1.54) is 0 Å². The number of methoxy groups -OCH3 is 1. The number of ether oxygens (including phenoxy) is 2. The number of hydrogen-bond donors (Lipinski definition) is 3. The molecule has 2 atom stereocenters. The standard InChI is InChI=1S/C29H39N3O5.BrH/c1-29(2,3)22-15-21(16-24(27(22)35)37-13-8-11-25(30)34)23(33)18-32-17-20(12-14-36-4)26(28(32)31)19-9-6-5-7-10-19;/h5-7,9-10,15-16,20,26,31,35H,8,11-14,17-18H2,1-4H3,(H2,30,34);1H/t20-,26+;/m0./s1. The molecule has 1 aliphatic heterocycles. The first-order valence-corrected chi connectivity index (χ1v) is 12.7. The average molecular weight is 591 g/mol. The van der Waals surface area contributed by atoms with E-state index in [1.807, 2.05) is 56.0 Å². The highest BCUT2D eigenvalue weighted by atomic mass is 79.9. The van der Waals surface area contributed by atoms with Crippen molar-refractivity contribution >= 4 is 34.5 Å². The van der Waals surface area contributed by atoms with Crippen LogP contribution in [0, 0.1) is 11.3 Å². The number of carbonyl (C=O) groups excluding carboxylic acids is 2. The molecule has 1 saturated heterocycles. The molecule has 0 saturated carbocycles. The van der Waals surface area contributed by atoms with Crippen molar-refractivity contribution in [3.63, 3.8) is 0 Å². The average Bonchev–Trinajstić information content (AvgIpc) is 3.15. The van der Waals surface area contributed by atoms with Crippen LogP contribution < -0.4 is 10.5 Å². The largest absolute Gasteiger partial charge is 0.504 e. The van der Waals surface area contributed by atoms with Gasteiger partial charge in [0.25, 0.3) is 0 Å². The van der Waals surface area contributed by atoms with E-state index in [-0.39, 0.29) is 65.7 Å². The normalized spacial score (nSPS) is 17.3. The molecular weight excluding hydrogens is 550 g/mol. The quantitative estimate of drug-likeness (QED) is 0.240. The third-order valence-corrected chi connectivity index (χ3v) is 6.78. The Labute approximate surface area is 235 Å². The molecule has 0 unspecified atom stereocenters. The second-order valence-electron chi connectivity index (χ2n) is 10.7. The summed E-state index contributed by atoms with van der Waals surface area (Å²) in [4.78, 5) is 26.4. The van der Waals surface area contributed by atoms with Crippen molar-refractivity contribution in [1.82, 2.24) is 4.90 Å². The first-order chi connectivity index (χ1) is 17.5. The van der Waals surface area contributed by atoms with Crippen LogP contribution >= 0.6 is 17.0 Å². The zero-order valence-electron chi connectivity index (χ0n) is 22.7. The van der Waals surface area contributed by atoms with Crippen molar-refractivity contribution in [1.29, 1.82) is 5.41 Å². The topological polar surface area (TPSA) is 126 Å². The fraction of sp³-hybridized carbons (Fsp3) is 0.483. The Morgan fingerprint density at radius 3 is 2.45 bits per heavy atom. The Hall–Kier alpha value is -2.91. The van der Waals surface area contributed by atoms with Gasteiger partial charge in [-0.05, 0) is 41.9 Å². The smallest absolute Gasteiger partial charge is 0.217 e. The number of amides is 1. The molecule has 1 fully saturated rings. The molecule has 4 N–H and O–H groups in total. The number of hydrogen-bond acceptors (Lipinski definition) is 6. The van der Waals surface area contributed by atoms with E-state index in [4.69, 9.17) is 20.6 Å². The number of halogens is 1. The molecule has 2 aromatic carbocycles. The number of nitrogens with one attached hydrogen (secondary N) is 1. The van der Waals surface area contributed by atoms with Crippen LogP contribution in [-0.2, 0) is 14.9 Å². The van der Waals surface area contributed by atoms with Crippen LogP contribution in [0.2, 0.25) is 0 Å². The van der Waals surface area contributed by atoms with Gasteiger partial charge in [0.05, 0.1) is 13.2 Å². The van der Waals surface area contributed by atoms with Crippen molar-refractivity contribution in [3.05, 3.63) is 59.2 Å². The highest BCUT2D eigenvalue weighted by molar-refractivity contribution is 8.93. The highest BCUT2D eigenvalue weighted by Gasteiger charge is 2.39. The predicted octanol–water partition coefficient (Wildman–Crippen LogP) is 4.82. The van der Waals surface area contributed by atoms with Crippen LogP contribution in [0.1, 0.15) is 67.4 Å². The number of primary amides is 1. The molecular formula is C29H40BrN3O5. The summed E-state index contributed by atoms with van der Waals surface area (Å²) in [6.07, 6.45) is 1.38. The van der Waals surface area contributed by atoms with E-state index in [0.717, 1.165) is 12.0 Å². The number of phenolic OH excluding ortho intramolecular Hbond substituents is 1. The Bertz CT molecular complexity index is 1120. The van der Waals surface area contributed by atoms with Gasteiger partial charge in [0.15, 0.2) is 17.3 Å². The second-order valence-corrected chi connectivity index (χ2v) is 10.7. The van der Waals surface area contributed by atoms with Crippen LogP contribution in [0.25, 0.3) is 0 Å². The fourth-order valence-corrected chi connectivity index (χ4v) is 4.82. The summed E-state index contributed by atoms with van der Waals surface area (Å²) < 4.78 is 11.1. The van der Waals surface area contributed by atoms with Gasteiger partial charge in [0.1, 0.15) is 5.84 Å². The number of rotatable bonds is 12. The fourth-order valence-electron chi connectivity index (χ4n) is 4.82. The van der Waals surface area contributed by atoms with Gasteiger partial charge >= 0.3 is 0 Å². The SMILES string of the molecule is Br.COCC[C@H]1CN(CC(=O)c2cc(OCCCC(N)=O)c(O)c(C(C)(C)C)c2)C(=N)[C@@H]1c1ccccc1. The van der Waals surface area contributed by atoms with Gasteiger partial charge in [-0.2, -0.15) is 0 Å². The van der Waals surface area contributed by atoms with Gasteiger partial charge < -0.3 is 25.2 Å². The van der Waals surface area contributed by atoms with E-state index in [0.29, 0.717) is 36.5 Å². The first-order valence-electron chi connectivity index (χ1n) is 12.7. The third-order valence-electron chi connectivity index (χ3n) is 6.78. The van der Waals surface area contributed by atoms with Crippen LogP contribution in [0.3, 0.4) is 0 Å². The van der Waals surface area contributed by atoms with Crippen LogP contribution in [0.15, 0.2) is 42.5 Å². The van der Waals surface area contributed by atoms with Crippen LogP contribution in [-0.4, -0.2) is 60.9 Å². The number of likely N-dealkylation sites (tertiary alicyclic amines) is 1. The van der Waals surface area contributed by atoms with Gasteiger partial charge in [-0.1, -0.05) is 51.1 Å². The van der Waals surface area contributed by atoms with Crippen molar-refractivity contribution in [3.8, 4) is 11.5 Å². The molecule has 1 heterocycles. The number of phenols is 1. The van der Waals surface area contributed by atoms with E-state index in [2.05, 4.69) is 0 Å². The Morgan fingerprint density at radius 1 is 1.16 bits per heavy atom. The van der Waals surface area contributed by atoms with Crippen molar-refractivity contribution in [2.45, 2.75) is 51.4 Å². The van der Waals surface area contributed by atoms with Crippen molar-refractivity contribution < 1.29 is 24.2 Å². The number of ketones is 1. The Balaban J connectivity index is 0.00000507. The lowest BCUT2D eigenvalue weighted by Gasteiger charge is -2.24. The first kappa shape index (κ1) is 31.3. The Morgan fingerprint density at radius 2 is 1.84 bits per heavy atom. The minimum absolute atomic E-state index is 0. The number of nitrogens with zero attached hydrogens (tertiary/aromatic N) is 1. The number of aromatic hydroxyl groups is 1. The molecule has 0 aliphatic carbocycles. The number of carbonyl (C=O) groups is 2. The van der Waals surface area contributed by atoms with Crippen LogP contribution in [0.4, 0.5) is 0 Å². The summed E-state index contributed by atoms with van der Waals surface area (Å²) in [7, 11) is 1.67. The molecule has 0 spiro atoms. The predicted molar refractivity (Wildman–Crippen MR) is 154 cm³/mol. The lowest BCUT2D eigenvalue weighted by atomic mass is 9.84. The summed E-state index contributed by atoms with van der Waals surface area (Å²) in [5.41, 5.74) is 6.84. The Kier molecular flexibility index (Phi) is 11.3. The summed E-state index contributed by atoms with van der Waals surface area (Å²) >= 11 is 0. The third kappa shape index (κ3) is 7.80. The molecule has 0 bridgehead atoms. The number of benzene rings is 2. The second kappa shape index (κ2) is 13.8. The lowest BCUT2D eigenvalue weighted by Crippen LogP contribution is -2.32. The molecule has 3 rings (SSSR count). The molecule has 9 heteroatoms. The molecule has 208 valence electrons. The zero-order chi connectivity index (χ0) is 27.2. The molecule has 38 heavy (non-hydrogen) atoms. The van der Waals surface area contributed by atoms with Gasteiger partial charge in [-0.25, -0.2) is 0 Å². The van der Waals surface area contributed by atoms with Crippen molar-refractivity contribution in [2.24, 2.45) is 11.7 Å². The summed E-state index contributed by atoms with van der Waals surface area (Å²) in [5, 5.41) is 19.8. The monoisotopic (exact) mass is 589 g/mol. The number of Topliss-reactive ketones (excluding diaryl/α,β-unsaturated/α-hetero) is 1. The van der Waals surface area contributed by atoms with E-state index in [1.54, 1.807) is 19.2 Å². The summed E-state index contributed by atoms with van der Waals surface area (Å²) in [5.74, 6) is 0.111. The summed E-state index contributed by atoms with van der Waals surface area (Å²) in [6.45, 7) is 7.28. The molecule has 8 nitrogen and oxygen atoms in total. The van der Waals surface area contributed by atoms with E-state index >= 15 is 0 Å². The zero-order valence-corrected chi connectivity index (χ0v) is 24.4. The number of nitrogens with two attached hydrogens (primary N) is 1. The van der Waals surface area contributed by atoms with Crippen LogP contribution in [0.5, 0.6) is 11.5 Å². The minimum atomic E-state index is -0.435. The molecule has 0 aromatic heterocycles. The molecule has 1 aliphatic rings. The minimum Gasteiger partial charge on any atom is -0.504 e. The van der Waals surface area contributed by atoms with Gasteiger partial charge in [0.2, 0.25) is 5.91 Å². The maximum absolute atomic E-state index is 13.5. The maximum atomic E-state index is 13.5. The molecule has 0 radical (unpaired) electrons. The van der Waals surface area contributed by atoms with E-state index < -0.39 is 11.3 Å². The van der Waals surface area contributed by atoms with Gasteiger partial charge in [-0.3, -0.25) is 15.0 Å². The summed E-state index contributed by atoms with van der Waals surface area (Å²) in [6, 6.07) is 13.2. The highest BCUT2D eigenvalue weighted by Crippen LogP contribution is 2.40. The number of amidine groups is 1. The maximum Gasteiger partial charge on any atom is 0.217 e. The van der Waals surface area contributed by atoms with Gasteiger partial charge in [0, 0.05) is 43.7 Å². The molecule has 1 amide bonds. The lowest BCUT2D eigenvalue weighted by molar-refractivity contribution is -0.118. The molecule has 2 aromatic rings. The van der Waals surface area contributed by atoms with Crippen molar-refractivity contribution in [2.75, 3.05) is 33.4 Å². The van der Waals surface area contributed by atoms with Gasteiger partial charge in [-0.15, -0.1) is 17.0 Å².